The summed E-state index contributed by atoms with van der Waals surface area (Å²) in [6.45, 7) is 0. The molecule has 3 heteroatoms. The van der Waals surface area contributed by atoms with E-state index >= 15 is 0 Å². The first kappa shape index (κ1) is 12.9. The Hall–Kier alpha value is -1.56. The van der Waals surface area contributed by atoms with E-state index < -0.39 is 0 Å². The van der Waals surface area contributed by atoms with Crippen molar-refractivity contribution in [3.8, 4) is 11.8 Å². The molecule has 0 amide bonds. The molecular formula is C15H8BrClO. The lowest BCUT2D eigenvalue weighted by Crippen LogP contribution is -1.94. The number of Topliss-reactive ketones (excluding diaryl/α,β-unsaturated/α-hetero) is 1. The second-order valence-electron chi connectivity index (χ2n) is 3.57. The quantitative estimate of drug-likeness (QED) is 0.564. The molecule has 0 aromatic heterocycles. The summed E-state index contributed by atoms with van der Waals surface area (Å²) < 4.78 is 0.876. The summed E-state index contributed by atoms with van der Waals surface area (Å²) in [6.07, 6.45) is 0. The van der Waals surface area contributed by atoms with Gasteiger partial charge in [0.15, 0.2) is 0 Å². The Morgan fingerprint density at radius 2 is 1.72 bits per heavy atom. The van der Waals surface area contributed by atoms with E-state index in [4.69, 9.17) is 11.6 Å². The van der Waals surface area contributed by atoms with Crippen molar-refractivity contribution in [2.24, 2.45) is 0 Å². The second-order valence-corrected chi connectivity index (χ2v) is 4.86. The van der Waals surface area contributed by atoms with E-state index in [0.29, 0.717) is 10.6 Å². The number of hydrogen-bond donors (Lipinski definition) is 0. The van der Waals surface area contributed by atoms with Crippen molar-refractivity contribution in [3.05, 3.63) is 69.2 Å². The molecule has 0 bridgehead atoms. The summed E-state index contributed by atoms with van der Waals surface area (Å²) in [7, 11) is 0. The van der Waals surface area contributed by atoms with Crippen molar-refractivity contribution in [3.63, 3.8) is 0 Å². The zero-order valence-corrected chi connectivity index (χ0v) is 11.6. The molecule has 2 aromatic rings. The number of halogens is 2. The van der Waals surface area contributed by atoms with E-state index in [1.807, 2.05) is 24.3 Å². The summed E-state index contributed by atoms with van der Waals surface area (Å²) in [4.78, 5) is 11.8. The molecule has 0 saturated carbocycles. The van der Waals surface area contributed by atoms with Crippen LogP contribution in [0.25, 0.3) is 0 Å². The lowest BCUT2D eigenvalue weighted by Gasteiger charge is -1.95. The Bertz CT molecular complexity index is 636. The molecule has 0 unspecified atom stereocenters. The first-order chi connectivity index (χ1) is 8.66. The Labute approximate surface area is 119 Å². The van der Waals surface area contributed by atoms with Crippen molar-refractivity contribution >= 4 is 33.3 Å². The smallest absolute Gasteiger partial charge is 0.236 e. The molecule has 88 valence electrons. The standard InChI is InChI=1S/C15H8BrClO/c16-14-4-2-1-3-11(14)7-10-15(18)12-5-8-13(17)9-6-12/h1-6,8-9H. The molecule has 18 heavy (non-hydrogen) atoms. The van der Waals surface area contributed by atoms with Crippen molar-refractivity contribution in [1.29, 1.82) is 0 Å². The van der Waals surface area contributed by atoms with Crippen LogP contribution in [0.1, 0.15) is 15.9 Å². The molecule has 0 saturated heterocycles. The topological polar surface area (TPSA) is 17.1 Å². The minimum Gasteiger partial charge on any atom is -0.279 e. The molecule has 2 aromatic carbocycles. The Kier molecular flexibility index (Phi) is 4.19. The zero-order valence-electron chi connectivity index (χ0n) is 9.28. The highest BCUT2D eigenvalue weighted by atomic mass is 79.9. The summed E-state index contributed by atoms with van der Waals surface area (Å²) in [5.41, 5.74) is 1.33. The molecule has 0 radical (unpaired) electrons. The molecule has 0 spiro atoms. The fourth-order valence-corrected chi connectivity index (χ4v) is 1.87. The zero-order chi connectivity index (χ0) is 13.0. The van der Waals surface area contributed by atoms with Crippen LogP contribution in [-0.4, -0.2) is 5.78 Å². The average molecular weight is 320 g/mol. The Balaban J connectivity index is 2.23. The Morgan fingerprint density at radius 3 is 2.39 bits per heavy atom. The van der Waals surface area contributed by atoms with Gasteiger partial charge in [-0.15, -0.1) is 0 Å². The van der Waals surface area contributed by atoms with Gasteiger partial charge in [0.2, 0.25) is 5.78 Å². The van der Waals surface area contributed by atoms with E-state index in [9.17, 15) is 4.79 Å². The lowest BCUT2D eigenvalue weighted by molar-refractivity contribution is 0.105. The minimum absolute atomic E-state index is 0.220. The van der Waals surface area contributed by atoms with Crippen LogP contribution in [0.15, 0.2) is 53.0 Å². The van der Waals surface area contributed by atoms with Crippen LogP contribution in [0.5, 0.6) is 0 Å². The highest BCUT2D eigenvalue weighted by molar-refractivity contribution is 9.10. The number of benzene rings is 2. The monoisotopic (exact) mass is 318 g/mol. The summed E-state index contributed by atoms with van der Waals surface area (Å²) in [5.74, 6) is 5.24. The van der Waals surface area contributed by atoms with E-state index in [0.717, 1.165) is 10.0 Å². The van der Waals surface area contributed by atoms with Crippen LogP contribution in [0.4, 0.5) is 0 Å². The van der Waals surface area contributed by atoms with Crippen molar-refractivity contribution < 1.29 is 4.79 Å². The molecule has 1 nitrogen and oxygen atoms in total. The van der Waals surface area contributed by atoms with Gasteiger partial charge in [0.05, 0.1) is 0 Å². The summed E-state index contributed by atoms with van der Waals surface area (Å²) in [5, 5.41) is 0.602. The van der Waals surface area contributed by atoms with Gasteiger partial charge in [0.1, 0.15) is 0 Å². The molecule has 0 heterocycles. The van der Waals surface area contributed by atoms with Gasteiger partial charge >= 0.3 is 0 Å². The molecule has 0 N–H and O–H groups in total. The third-order valence-corrected chi connectivity index (χ3v) is 3.23. The number of rotatable bonds is 1. The van der Waals surface area contributed by atoms with Gasteiger partial charge in [-0.25, -0.2) is 0 Å². The van der Waals surface area contributed by atoms with Crippen molar-refractivity contribution in [2.75, 3.05) is 0 Å². The largest absolute Gasteiger partial charge is 0.279 e. The average Bonchev–Trinajstić information content (AvgIpc) is 2.38. The fraction of sp³-hybridized carbons (Fsp3) is 0. The van der Waals surface area contributed by atoms with Gasteiger partial charge in [-0.2, -0.15) is 0 Å². The van der Waals surface area contributed by atoms with Crippen LogP contribution >= 0.6 is 27.5 Å². The van der Waals surface area contributed by atoms with Crippen molar-refractivity contribution in [2.45, 2.75) is 0 Å². The predicted octanol–water partition coefficient (Wildman–Crippen LogP) is 4.34. The van der Waals surface area contributed by atoms with Gasteiger partial charge < -0.3 is 0 Å². The molecule has 0 atom stereocenters. The van der Waals surface area contributed by atoms with Crippen LogP contribution in [0.2, 0.25) is 5.02 Å². The SMILES string of the molecule is O=C(C#Cc1ccccc1Br)c1ccc(Cl)cc1. The van der Waals surface area contributed by atoms with E-state index in [2.05, 4.69) is 27.8 Å². The molecular weight excluding hydrogens is 312 g/mol. The van der Waals surface area contributed by atoms with Crippen LogP contribution in [0, 0.1) is 11.8 Å². The second kappa shape index (κ2) is 5.86. The van der Waals surface area contributed by atoms with Crippen LogP contribution in [-0.2, 0) is 0 Å². The summed E-state index contributed by atoms with van der Waals surface area (Å²) >= 11 is 9.14. The maximum Gasteiger partial charge on any atom is 0.236 e. The van der Waals surface area contributed by atoms with Crippen LogP contribution in [0.3, 0.4) is 0 Å². The molecule has 0 aliphatic heterocycles. The first-order valence-electron chi connectivity index (χ1n) is 5.23. The summed E-state index contributed by atoms with van der Waals surface area (Å²) in [6, 6.07) is 14.2. The van der Waals surface area contributed by atoms with Gasteiger partial charge in [0, 0.05) is 20.6 Å². The highest BCUT2D eigenvalue weighted by Crippen LogP contribution is 2.14. The lowest BCUT2D eigenvalue weighted by atomic mass is 10.1. The third kappa shape index (κ3) is 3.22. The Morgan fingerprint density at radius 1 is 1.06 bits per heavy atom. The van der Waals surface area contributed by atoms with Gasteiger partial charge in [-0.3, -0.25) is 4.79 Å². The molecule has 0 fully saturated rings. The number of ketones is 1. The highest BCUT2D eigenvalue weighted by Gasteiger charge is 2.01. The maximum atomic E-state index is 11.8. The number of hydrogen-bond acceptors (Lipinski definition) is 1. The normalized spacial score (nSPS) is 9.44. The molecule has 0 aliphatic carbocycles. The minimum atomic E-state index is -0.220. The van der Waals surface area contributed by atoms with Crippen LogP contribution < -0.4 is 0 Å². The molecule has 2 rings (SSSR count). The van der Waals surface area contributed by atoms with Crippen molar-refractivity contribution in [1.82, 2.24) is 0 Å². The predicted molar refractivity (Wildman–Crippen MR) is 76.8 cm³/mol. The van der Waals surface area contributed by atoms with E-state index in [1.165, 1.54) is 0 Å². The van der Waals surface area contributed by atoms with Gasteiger partial charge in [-0.1, -0.05) is 29.7 Å². The maximum absolute atomic E-state index is 11.8. The van der Waals surface area contributed by atoms with E-state index in [1.54, 1.807) is 24.3 Å². The third-order valence-electron chi connectivity index (χ3n) is 2.29. The number of carbonyl (C=O) groups is 1. The van der Waals surface area contributed by atoms with E-state index in [-0.39, 0.29) is 5.78 Å². The molecule has 0 aliphatic rings. The number of carbonyl (C=O) groups excluding carboxylic acids is 1. The van der Waals surface area contributed by atoms with Gasteiger partial charge in [-0.05, 0) is 58.2 Å². The first-order valence-corrected chi connectivity index (χ1v) is 6.40. The fourth-order valence-electron chi connectivity index (χ4n) is 1.36. The van der Waals surface area contributed by atoms with Gasteiger partial charge in [0.25, 0.3) is 0 Å².